The number of hydrogen-bond donors (Lipinski definition) is 0. The van der Waals surface area contributed by atoms with Crippen molar-refractivity contribution in [3.8, 4) is 17.1 Å². The van der Waals surface area contributed by atoms with Gasteiger partial charge in [-0.2, -0.15) is 0 Å². The Labute approximate surface area is 221 Å². The lowest BCUT2D eigenvalue weighted by Gasteiger charge is -2.26. The molecule has 2 aromatic rings. The van der Waals surface area contributed by atoms with E-state index in [2.05, 4.69) is 48.1 Å². The average molecular weight is 491 g/mol. The topological polar surface area (TPSA) is 35.0 Å². The van der Waals surface area contributed by atoms with E-state index in [1.807, 2.05) is 24.5 Å². The number of benzene rings is 1. The Bertz CT molecular complexity index is 835. The standard InChI is InChI=1S/C33H50N2O/c1-3-5-7-8-9-10-12-15-30-26-34-33(35-27-30)31-21-23-32(24-22-31)36-25-13-16-29-19-17-28(18-20-29)14-11-6-4-2/h13,16,21-24,26-29H,3-12,14-15,17-20,25H2,1-2H3/b16-13+. The lowest BCUT2D eigenvalue weighted by Crippen LogP contribution is -2.13. The Morgan fingerprint density at radius 2 is 1.42 bits per heavy atom. The molecule has 3 heteroatoms. The van der Waals surface area contributed by atoms with Gasteiger partial charge in [0.15, 0.2) is 5.82 Å². The van der Waals surface area contributed by atoms with Crippen molar-refractivity contribution in [2.45, 2.75) is 117 Å². The van der Waals surface area contributed by atoms with Gasteiger partial charge in [-0.25, -0.2) is 9.97 Å². The maximum atomic E-state index is 5.95. The second kappa shape index (κ2) is 17.3. The zero-order valence-corrected chi connectivity index (χ0v) is 23.1. The third kappa shape index (κ3) is 10.8. The third-order valence-electron chi connectivity index (χ3n) is 7.75. The number of unbranched alkanes of at least 4 members (excludes halogenated alkanes) is 8. The summed E-state index contributed by atoms with van der Waals surface area (Å²) in [6.45, 7) is 5.20. The average Bonchev–Trinajstić information content (AvgIpc) is 2.92. The van der Waals surface area contributed by atoms with Crippen molar-refractivity contribution in [3.05, 3.63) is 54.4 Å². The molecular formula is C33H50N2O. The molecule has 0 spiro atoms. The molecular weight excluding hydrogens is 440 g/mol. The van der Waals surface area contributed by atoms with Gasteiger partial charge in [0.2, 0.25) is 0 Å². The fourth-order valence-electron chi connectivity index (χ4n) is 5.36. The van der Waals surface area contributed by atoms with Crippen molar-refractivity contribution in [2.75, 3.05) is 6.61 Å². The molecule has 3 nitrogen and oxygen atoms in total. The molecule has 1 fully saturated rings. The predicted molar refractivity (Wildman–Crippen MR) is 153 cm³/mol. The monoisotopic (exact) mass is 490 g/mol. The summed E-state index contributed by atoms with van der Waals surface area (Å²) in [6, 6.07) is 8.18. The van der Waals surface area contributed by atoms with Crippen molar-refractivity contribution in [2.24, 2.45) is 11.8 Å². The minimum atomic E-state index is 0.638. The quantitative estimate of drug-likeness (QED) is 0.163. The molecule has 1 aromatic carbocycles. The van der Waals surface area contributed by atoms with Gasteiger partial charge in [-0.15, -0.1) is 0 Å². The van der Waals surface area contributed by atoms with Crippen LogP contribution < -0.4 is 4.74 Å². The van der Waals surface area contributed by atoms with Crippen LogP contribution in [0, 0.1) is 11.8 Å². The number of nitrogens with zero attached hydrogens (tertiary/aromatic N) is 2. The molecule has 0 N–H and O–H groups in total. The first kappa shape index (κ1) is 28.4. The Morgan fingerprint density at radius 1 is 0.778 bits per heavy atom. The van der Waals surface area contributed by atoms with Gasteiger partial charge in [0, 0.05) is 18.0 Å². The summed E-state index contributed by atoms with van der Waals surface area (Å²) in [5.74, 6) is 3.40. The van der Waals surface area contributed by atoms with Gasteiger partial charge in [0.25, 0.3) is 0 Å². The van der Waals surface area contributed by atoms with Crippen molar-refractivity contribution in [1.29, 1.82) is 0 Å². The van der Waals surface area contributed by atoms with E-state index in [0.29, 0.717) is 6.61 Å². The molecule has 0 amide bonds. The molecule has 1 saturated carbocycles. The molecule has 0 unspecified atom stereocenters. The Balaban J connectivity index is 1.32. The summed E-state index contributed by atoms with van der Waals surface area (Å²) >= 11 is 0. The fraction of sp³-hybridized carbons (Fsp3) is 0.636. The molecule has 36 heavy (non-hydrogen) atoms. The van der Waals surface area contributed by atoms with Gasteiger partial charge < -0.3 is 4.74 Å². The van der Waals surface area contributed by atoms with Crippen LogP contribution in [-0.4, -0.2) is 16.6 Å². The Hall–Kier alpha value is -2.16. The van der Waals surface area contributed by atoms with E-state index in [1.165, 1.54) is 102 Å². The number of aromatic nitrogens is 2. The molecule has 1 heterocycles. The Morgan fingerprint density at radius 3 is 2.11 bits per heavy atom. The summed E-state index contributed by atoms with van der Waals surface area (Å²) in [5, 5.41) is 0. The minimum absolute atomic E-state index is 0.638. The van der Waals surface area contributed by atoms with E-state index >= 15 is 0 Å². The van der Waals surface area contributed by atoms with Crippen LogP contribution >= 0.6 is 0 Å². The maximum absolute atomic E-state index is 5.95. The molecule has 0 saturated heterocycles. The van der Waals surface area contributed by atoms with Gasteiger partial charge >= 0.3 is 0 Å². The van der Waals surface area contributed by atoms with E-state index in [0.717, 1.165) is 35.4 Å². The van der Waals surface area contributed by atoms with Gasteiger partial charge in [-0.3, -0.25) is 0 Å². The molecule has 0 radical (unpaired) electrons. The first-order valence-electron chi connectivity index (χ1n) is 15.0. The molecule has 1 aliphatic carbocycles. The van der Waals surface area contributed by atoms with Crippen LogP contribution in [0.5, 0.6) is 5.75 Å². The van der Waals surface area contributed by atoms with Gasteiger partial charge in [0.1, 0.15) is 12.4 Å². The van der Waals surface area contributed by atoms with Crippen LogP contribution in [0.2, 0.25) is 0 Å². The second-order valence-corrected chi connectivity index (χ2v) is 10.8. The van der Waals surface area contributed by atoms with Crippen LogP contribution in [0.15, 0.2) is 48.8 Å². The maximum Gasteiger partial charge on any atom is 0.159 e. The van der Waals surface area contributed by atoms with E-state index in [9.17, 15) is 0 Å². The number of hydrogen-bond acceptors (Lipinski definition) is 3. The lowest BCUT2D eigenvalue weighted by atomic mass is 9.79. The summed E-state index contributed by atoms with van der Waals surface area (Å²) in [7, 11) is 0. The summed E-state index contributed by atoms with van der Waals surface area (Å²) in [6.07, 6.45) is 30.1. The van der Waals surface area contributed by atoms with Crippen molar-refractivity contribution >= 4 is 0 Å². The smallest absolute Gasteiger partial charge is 0.159 e. The first-order chi connectivity index (χ1) is 17.8. The second-order valence-electron chi connectivity index (χ2n) is 10.8. The number of rotatable bonds is 17. The number of aryl methyl sites for hydroxylation is 1. The summed E-state index contributed by atoms with van der Waals surface area (Å²) < 4.78 is 5.95. The molecule has 198 valence electrons. The van der Waals surface area contributed by atoms with Gasteiger partial charge in [-0.1, -0.05) is 90.2 Å². The van der Waals surface area contributed by atoms with Crippen molar-refractivity contribution < 1.29 is 4.74 Å². The van der Waals surface area contributed by atoms with Crippen LogP contribution in [0.25, 0.3) is 11.4 Å². The summed E-state index contributed by atoms with van der Waals surface area (Å²) in [4.78, 5) is 9.22. The molecule has 0 atom stereocenters. The number of ether oxygens (including phenoxy) is 1. The van der Waals surface area contributed by atoms with E-state index in [-0.39, 0.29) is 0 Å². The summed E-state index contributed by atoms with van der Waals surface area (Å²) in [5.41, 5.74) is 2.28. The largest absolute Gasteiger partial charge is 0.490 e. The molecule has 3 rings (SSSR count). The van der Waals surface area contributed by atoms with Crippen LogP contribution in [0.3, 0.4) is 0 Å². The molecule has 1 aliphatic rings. The van der Waals surface area contributed by atoms with E-state index in [4.69, 9.17) is 4.74 Å². The first-order valence-corrected chi connectivity index (χ1v) is 15.0. The predicted octanol–water partition coefficient (Wildman–Crippen LogP) is 9.76. The lowest BCUT2D eigenvalue weighted by molar-refractivity contribution is 0.288. The van der Waals surface area contributed by atoms with Crippen molar-refractivity contribution in [3.63, 3.8) is 0 Å². The van der Waals surface area contributed by atoms with Gasteiger partial charge in [-0.05, 0) is 80.2 Å². The van der Waals surface area contributed by atoms with Crippen LogP contribution in [0.1, 0.15) is 116 Å². The van der Waals surface area contributed by atoms with Gasteiger partial charge in [0.05, 0.1) is 0 Å². The normalized spacial score (nSPS) is 18.1. The van der Waals surface area contributed by atoms with Crippen LogP contribution in [0.4, 0.5) is 0 Å². The van der Waals surface area contributed by atoms with E-state index < -0.39 is 0 Å². The molecule has 0 aliphatic heterocycles. The van der Waals surface area contributed by atoms with Crippen LogP contribution in [-0.2, 0) is 6.42 Å². The molecule has 0 bridgehead atoms. The third-order valence-corrected chi connectivity index (χ3v) is 7.75. The zero-order chi connectivity index (χ0) is 25.3. The minimum Gasteiger partial charge on any atom is -0.490 e. The number of allylic oxidation sites excluding steroid dienone is 1. The SMILES string of the molecule is CCCCCCCCCc1cnc(-c2ccc(OC/C=C/C3CCC(CCCCC)CC3)cc2)nc1. The van der Waals surface area contributed by atoms with E-state index in [1.54, 1.807) is 0 Å². The highest BCUT2D eigenvalue weighted by molar-refractivity contribution is 5.55. The highest BCUT2D eigenvalue weighted by Crippen LogP contribution is 2.32. The highest BCUT2D eigenvalue weighted by Gasteiger charge is 2.18. The fourth-order valence-corrected chi connectivity index (χ4v) is 5.36. The highest BCUT2D eigenvalue weighted by atomic mass is 16.5. The van der Waals surface area contributed by atoms with Crippen molar-refractivity contribution in [1.82, 2.24) is 9.97 Å². The molecule has 1 aromatic heterocycles. The Kier molecular flexibility index (Phi) is 13.7. The zero-order valence-electron chi connectivity index (χ0n) is 23.1.